The van der Waals surface area contributed by atoms with Crippen LogP contribution < -0.4 is 10.1 Å². The highest BCUT2D eigenvalue weighted by molar-refractivity contribution is 5.93. The SMILES string of the molecule is Cc1cc(C)c(NC(=O)COc2ccc3oc4c(c3c2)CCCC4)c(C)n1. The van der Waals surface area contributed by atoms with Crippen LogP contribution in [0, 0.1) is 20.8 Å². The van der Waals surface area contributed by atoms with E-state index in [1.807, 2.05) is 45.0 Å². The first-order valence-electron chi connectivity index (χ1n) is 9.43. The minimum absolute atomic E-state index is 0.0433. The Balaban J connectivity index is 1.46. The summed E-state index contributed by atoms with van der Waals surface area (Å²) in [6, 6.07) is 7.73. The standard InChI is InChI=1S/C22H24N2O3/c1-13-10-14(2)23-15(3)22(13)24-21(25)12-26-16-8-9-20-18(11-16)17-6-4-5-7-19(17)27-20/h8-11H,4-7,12H2,1-3H3,(H,24,25). The molecule has 4 rings (SSSR count). The Kier molecular flexibility index (Phi) is 4.60. The van der Waals surface area contributed by atoms with Gasteiger partial charge in [0.05, 0.1) is 11.4 Å². The zero-order valence-corrected chi connectivity index (χ0v) is 16.0. The summed E-state index contributed by atoms with van der Waals surface area (Å²) in [7, 11) is 0. The average molecular weight is 364 g/mol. The summed E-state index contributed by atoms with van der Waals surface area (Å²) >= 11 is 0. The minimum atomic E-state index is -0.193. The molecular formula is C22H24N2O3. The predicted molar refractivity (Wildman–Crippen MR) is 105 cm³/mol. The molecule has 0 unspecified atom stereocenters. The fraction of sp³-hybridized carbons (Fsp3) is 0.364. The van der Waals surface area contributed by atoms with Crippen LogP contribution >= 0.6 is 0 Å². The molecule has 2 aromatic heterocycles. The van der Waals surface area contributed by atoms with Gasteiger partial charge in [-0.2, -0.15) is 0 Å². The van der Waals surface area contributed by atoms with Crippen molar-refractivity contribution in [3.8, 4) is 5.75 Å². The third kappa shape index (κ3) is 3.54. The maximum absolute atomic E-state index is 12.3. The Hall–Kier alpha value is -2.82. The van der Waals surface area contributed by atoms with E-state index in [4.69, 9.17) is 9.15 Å². The Morgan fingerprint density at radius 3 is 2.81 bits per heavy atom. The van der Waals surface area contributed by atoms with E-state index in [0.29, 0.717) is 5.75 Å². The van der Waals surface area contributed by atoms with Crippen LogP contribution in [0.25, 0.3) is 11.0 Å². The van der Waals surface area contributed by atoms with Gasteiger partial charge in [-0.3, -0.25) is 9.78 Å². The third-order valence-electron chi connectivity index (χ3n) is 5.09. The van der Waals surface area contributed by atoms with Crippen molar-refractivity contribution < 1.29 is 13.9 Å². The van der Waals surface area contributed by atoms with Gasteiger partial charge in [-0.15, -0.1) is 0 Å². The summed E-state index contributed by atoms with van der Waals surface area (Å²) in [6.07, 6.45) is 4.43. The van der Waals surface area contributed by atoms with E-state index >= 15 is 0 Å². The van der Waals surface area contributed by atoms with Crippen molar-refractivity contribution in [3.63, 3.8) is 0 Å². The van der Waals surface area contributed by atoms with Gasteiger partial charge in [-0.25, -0.2) is 0 Å². The fourth-order valence-electron chi connectivity index (χ4n) is 3.87. The fourth-order valence-corrected chi connectivity index (χ4v) is 3.87. The lowest BCUT2D eigenvalue weighted by Gasteiger charge is -2.12. The lowest BCUT2D eigenvalue weighted by atomic mass is 9.96. The molecule has 0 bridgehead atoms. The van der Waals surface area contributed by atoms with Crippen molar-refractivity contribution in [1.29, 1.82) is 0 Å². The van der Waals surface area contributed by atoms with Gasteiger partial charge in [0.15, 0.2) is 6.61 Å². The van der Waals surface area contributed by atoms with Crippen molar-refractivity contribution in [2.24, 2.45) is 0 Å². The molecule has 0 saturated carbocycles. The molecule has 1 aliphatic carbocycles. The van der Waals surface area contributed by atoms with Crippen LogP contribution in [0.15, 0.2) is 28.7 Å². The molecule has 0 fully saturated rings. The van der Waals surface area contributed by atoms with Crippen LogP contribution in [0.3, 0.4) is 0 Å². The molecule has 140 valence electrons. The second-order valence-electron chi connectivity index (χ2n) is 7.25. The molecule has 0 atom stereocenters. The number of amides is 1. The lowest BCUT2D eigenvalue weighted by molar-refractivity contribution is -0.118. The molecule has 0 radical (unpaired) electrons. The van der Waals surface area contributed by atoms with Crippen molar-refractivity contribution in [2.75, 3.05) is 11.9 Å². The molecule has 2 heterocycles. The molecule has 0 saturated heterocycles. The van der Waals surface area contributed by atoms with Crippen molar-refractivity contribution >= 4 is 22.6 Å². The Bertz CT molecular complexity index is 997. The van der Waals surface area contributed by atoms with Gasteiger partial charge in [-0.05, 0) is 69.9 Å². The van der Waals surface area contributed by atoms with Crippen molar-refractivity contribution in [3.05, 3.63) is 52.5 Å². The summed E-state index contributed by atoms with van der Waals surface area (Å²) in [5, 5.41) is 4.02. The normalized spacial score (nSPS) is 13.4. The highest BCUT2D eigenvalue weighted by atomic mass is 16.5. The summed E-state index contributed by atoms with van der Waals surface area (Å²) in [5.41, 5.74) is 5.70. The van der Waals surface area contributed by atoms with Crippen LogP contribution in [0.2, 0.25) is 0 Å². The van der Waals surface area contributed by atoms with E-state index in [-0.39, 0.29) is 12.5 Å². The number of aryl methyl sites for hydroxylation is 5. The quantitative estimate of drug-likeness (QED) is 0.732. The van der Waals surface area contributed by atoms with Crippen molar-refractivity contribution in [2.45, 2.75) is 46.5 Å². The highest BCUT2D eigenvalue weighted by Gasteiger charge is 2.18. The predicted octanol–water partition coefficient (Wildman–Crippen LogP) is 4.65. The van der Waals surface area contributed by atoms with E-state index in [1.165, 1.54) is 18.4 Å². The molecule has 0 aliphatic heterocycles. The summed E-state index contributed by atoms with van der Waals surface area (Å²) in [6.45, 7) is 5.76. The van der Waals surface area contributed by atoms with Crippen LogP contribution in [-0.4, -0.2) is 17.5 Å². The maximum atomic E-state index is 12.3. The number of hydrogen-bond acceptors (Lipinski definition) is 4. The molecule has 0 spiro atoms. The van der Waals surface area contributed by atoms with Gasteiger partial charge in [-0.1, -0.05) is 0 Å². The lowest BCUT2D eigenvalue weighted by Crippen LogP contribution is -2.21. The zero-order valence-electron chi connectivity index (χ0n) is 16.0. The number of nitrogens with one attached hydrogen (secondary N) is 1. The third-order valence-corrected chi connectivity index (χ3v) is 5.09. The number of anilines is 1. The first kappa shape index (κ1) is 17.6. The Labute approximate surface area is 158 Å². The number of ether oxygens (including phenoxy) is 1. The topological polar surface area (TPSA) is 64.4 Å². The number of aromatic nitrogens is 1. The second kappa shape index (κ2) is 7.06. The first-order valence-corrected chi connectivity index (χ1v) is 9.43. The van der Waals surface area contributed by atoms with Gasteiger partial charge in [0, 0.05) is 23.1 Å². The number of pyridine rings is 1. The summed E-state index contributed by atoms with van der Waals surface area (Å²) < 4.78 is 11.7. The van der Waals surface area contributed by atoms with Gasteiger partial charge in [0.2, 0.25) is 0 Å². The Morgan fingerprint density at radius 2 is 2.00 bits per heavy atom. The largest absolute Gasteiger partial charge is 0.484 e. The maximum Gasteiger partial charge on any atom is 0.262 e. The molecule has 3 aromatic rings. The first-order chi connectivity index (χ1) is 13.0. The second-order valence-corrected chi connectivity index (χ2v) is 7.25. The van der Waals surface area contributed by atoms with Gasteiger partial charge >= 0.3 is 0 Å². The van der Waals surface area contributed by atoms with Crippen molar-refractivity contribution in [1.82, 2.24) is 4.98 Å². The number of furan rings is 1. The molecule has 1 amide bonds. The molecule has 5 nitrogen and oxygen atoms in total. The van der Waals surface area contributed by atoms with E-state index in [1.54, 1.807) is 0 Å². The molecule has 27 heavy (non-hydrogen) atoms. The van der Waals surface area contributed by atoms with Crippen LogP contribution in [0.5, 0.6) is 5.75 Å². The van der Waals surface area contributed by atoms with E-state index in [2.05, 4.69) is 10.3 Å². The zero-order chi connectivity index (χ0) is 19.0. The Morgan fingerprint density at radius 1 is 1.19 bits per heavy atom. The molecular weight excluding hydrogens is 340 g/mol. The molecule has 1 aromatic carbocycles. The monoisotopic (exact) mass is 364 g/mol. The van der Waals surface area contributed by atoms with Gasteiger partial charge < -0.3 is 14.5 Å². The number of nitrogens with zero attached hydrogens (tertiary/aromatic N) is 1. The molecule has 1 aliphatic rings. The number of carbonyl (C=O) groups is 1. The molecule has 1 N–H and O–H groups in total. The van der Waals surface area contributed by atoms with Crippen LogP contribution in [0.4, 0.5) is 5.69 Å². The number of carbonyl (C=O) groups excluding carboxylic acids is 1. The minimum Gasteiger partial charge on any atom is -0.484 e. The number of hydrogen-bond donors (Lipinski definition) is 1. The summed E-state index contributed by atoms with van der Waals surface area (Å²) in [4.78, 5) is 16.7. The van der Waals surface area contributed by atoms with E-state index < -0.39 is 0 Å². The highest BCUT2D eigenvalue weighted by Crippen LogP contribution is 2.34. The van der Waals surface area contributed by atoms with Crippen LogP contribution in [0.1, 0.15) is 41.1 Å². The smallest absolute Gasteiger partial charge is 0.262 e. The summed E-state index contributed by atoms with van der Waals surface area (Å²) in [5.74, 6) is 1.59. The average Bonchev–Trinajstić information content (AvgIpc) is 3.01. The van der Waals surface area contributed by atoms with Crippen LogP contribution in [-0.2, 0) is 17.6 Å². The number of fused-ring (bicyclic) bond motifs is 3. The molecule has 5 heteroatoms. The number of rotatable bonds is 4. The van der Waals surface area contributed by atoms with Gasteiger partial charge in [0.25, 0.3) is 5.91 Å². The van der Waals surface area contributed by atoms with E-state index in [0.717, 1.165) is 52.2 Å². The van der Waals surface area contributed by atoms with Gasteiger partial charge in [0.1, 0.15) is 17.1 Å². The number of benzene rings is 1. The van der Waals surface area contributed by atoms with E-state index in [9.17, 15) is 4.79 Å².